The Morgan fingerprint density at radius 3 is 2.00 bits per heavy atom. The molecule has 0 aliphatic heterocycles. The quantitative estimate of drug-likeness (QED) is 0.250. The summed E-state index contributed by atoms with van der Waals surface area (Å²) in [7, 11) is 0. The van der Waals surface area contributed by atoms with Gasteiger partial charge in [-0.25, -0.2) is 0 Å². The molecular weight excluding hydrogens is 262 g/mol. The van der Waals surface area contributed by atoms with E-state index in [1.54, 1.807) is 0 Å². The highest BCUT2D eigenvalue weighted by Crippen LogP contribution is 2.08. The van der Waals surface area contributed by atoms with Gasteiger partial charge in [0.25, 0.3) is 0 Å². The summed E-state index contributed by atoms with van der Waals surface area (Å²) < 4.78 is 0. The summed E-state index contributed by atoms with van der Waals surface area (Å²) in [5.74, 6) is -3.24. The van der Waals surface area contributed by atoms with Gasteiger partial charge in [0, 0.05) is 6.92 Å². The minimum atomic E-state index is -1.95. The van der Waals surface area contributed by atoms with Crippen LogP contribution in [0.25, 0.3) is 0 Å². The minimum absolute atomic E-state index is 0.728. The van der Waals surface area contributed by atoms with E-state index in [9.17, 15) is 24.6 Å². The first-order valence-corrected chi connectivity index (χ1v) is 5.37. The fraction of sp³-hybridized carbons (Fsp3) is 0.700. The van der Waals surface area contributed by atoms with Gasteiger partial charge >= 0.3 is 5.97 Å². The number of hydrogen-bond donors (Lipinski definition) is 6. The number of amides is 1. The standard InChI is InChI=1S/C10H17NO8/c1-4(13)11-8(5(14)2-7(16)17)10(19)9(18)6(15)3-12/h6,8-10,12,15,18-19H,2-3H2,1H3,(H,11,13)(H,16,17). The third kappa shape index (κ3) is 5.75. The summed E-state index contributed by atoms with van der Waals surface area (Å²) in [6.07, 6.45) is -6.56. The van der Waals surface area contributed by atoms with Crippen LogP contribution in [0.1, 0.15) is 13.3 Å². The largest absolute Gasteiger partial charge is 0.481 e. The van der Waals surface area contributed by atoms with Crippen molar-refractivity contribution in [2.75, 3.05) is 6.61 Å². The van der Waals surface area contributed by atoms with Gasteiger partial charge in [-0.05, 0) is 0 Å². The van der Waals surface area contributed by atoms with E-state index in [2.05, 4.69) is 0 Å². The van der Waals surface area contributed by atoms with E-state index in [-0.39, 0.29) is 0 Å². The van der Waals surface area contributed by atoms with Gasteiger partial charge in [0.15, 0.2) is 5.78 Å². The maximum Gasteiger partial charge on any atom is 0.310 e. The van der Waals surface area contributed by atoms with Crippen LogP contribution >= 0.6 is 0 Å². The second-order valence-electron chi connectivity index (χ2n) is 3.95. The highest BCUT2D eigenvalue weighted by atomic mass is 16.4. The van der Waals surface area contributed by atoms with Gasteiger partial charge in [0.05, 0.1) is 6.61 Å². The Balaban J connectivity index is 4.96. The molecule has 4 unspecified atom stereocenters. The molecule has 9 heteroatoms. The van der Waals surface area contributed by atoms with Crippen LogP contribution in [-0.2, 0) is 14.4 Å². The van der Waals surface area contributed by atoms with E-state index in [0.717, 1.165) is 6.92 Å². The lowest BCUT2D eigenvalue weighted by molar-refractivity contribution is -0.145. The molecule has 9 nitrogen and oxygen atoms in total. The molecule has 0 aromatic rings. The van der Waals surface area contributed by atoms with Gasteiger partial charge in [-0.2, -0.15) is 0 Å². The topological polar surface area (TPSA) is 164 Å². The second kappa shape index (κ2) is 7.79. The lowest BCUT2D eigenvalue weighted by Crippen LogP contribution is -2.56. The average molecular weight is 279 g/mol. The average Bonchev–Trinajstić information content (AvgIpc) is 2.31. The highest BCUT2D eigenvalue weighted by Gasteiger charge is 2.36. The fourth-order valence-corrected chi connectivity index (χ4v) is 1.37. The van der Waals surface area contributed by atoms with Crippen molar-refractivity contribution in [1.82, 2.24) is 5.32 Å². The summed E-state index contributed by atoms with van der Waals surface area (Å²) in [6.45, 7) is 0.154. The predicted octanol–water partition coefficient (Wildman–Crippen LogP) is -3.39. The van der Waals surface area contributed by atoms with Crippen molar-refractivity contribution >= 4 is 17.7 Å². The van der Waals surface area contributed by atoms with Gasteiger partial charge in [-0.15, -0.1) is 0 Å². The number of ketones is 1. The van der Waals surface area contributed by atoms with Crippen LogP contribution in [-0.4, -0.2) is 74.2 Å². The van der Waals surface area contributed by atoms with Crippen molar-refractivity contribution in [3.63, 3.8) is 0 Å². The number of carbonyl (C=O) groups is 3. The van der Waals surface area contributed by atoms with E-state index < -0.39 is 55.0 Å². The van der Waals surface area contributed by atoms with Gasteiger partial charge in [-0.3, -0.25) is 14.4 Å². The lowest BCUT2D eigenvalue weighted by Gasteiger charge is -2.28. The minimum Gasteiger partial charge on any atom is -0.481 e. The zero-order chi connectivity index (χ0) is 15.2. The van der Waals surface area contributed by atoms with Crippen molar-refractivity contribution in [2.24, 2.45) is 0 Å². The lowest BCUT2D eigenvalue weighted by atomic mass is 9.96. The Morgan fingerprint density at radius 2 is 1.63 bits per heavy atom. The monoisotopic (exact) mass is 279 g/mol. The maximum absolute atomic E-state index is 11.5. The van der Waals surface area contributed by atoms with Crippen molar-refractivity contribution in [1.29, 1.82) is 0 Å². The fourth-order valence-electron chi connectivity index (χ4n) is 1.37. The Labute approximate surface area is 108 Å². The molecule has 0 aliphatic rings. The molecule has 0 fully saturated rings. The first-order valence-electron chi connectivity index (χ1n) is 5.37. The molecule has 110 valence electrons. The van der Waals surface area contributed by atoms with E-state index >= 15 is 0 Å². The SMILES string of the molecule is CC(=O)NC(C(=O)CC(=O)O)C(O)C(O)C(O)CO. The van der Waals surface area contributed by atoms with Gasteiger partial charge in [-0.1, -0.05) is 0 Å². The molecule has 0 rings (SSSR count). The summed E-state index contributed by atoms with van der Waals surface area (Å²) in [4.78, 5) is 32.8. The Kier molecular flexibility index (Phi) is 7.16. The maximum atomic E-state index is 11.5. The molecule has 4 atom stereocenters. The van der Waals surface area contributed by atoms with Gasteiger partial charge in [0.2, 0.25) is 5.91 Å². The third-order valence-electron chi connectivity index (χ3n) is 2.30. The first kappa shape index (κ1) is 17.4. The number of aliphatic hydroxyl groups is 4. The van der Waals surface area contributed by atoms with Crippen molar-refractivity contribution in [2.45, 2.75) is 37.7 Å². The van der Waals surface area contributed by atoms with Crippen LogP contribution in [0.3, 0.4) is 0 Å². The van der Waals surface area contributed by atoms with Crippen LogP contribution < -0.4 is 5.32 Å². The van der Waals surface area contributed by atoms with Crippen LogP contribution in [0.5, 0.6) is 0 Å². The smallest absolute Gasteiger partial charge is 0.310 e. The van der Waals surface area contributed by atoms with E-state index in [0.29, 0.717) is 0 Å². The number of carboxylic acid groups (broad SMARTS) is 1. The summed E-state index contributed by atoms with van der Waals surface area (Å²) in [6, 6.07) is -1.69. The molecule has 0 bridgehead atoms. The predicted molar refractivity (Wildman–Crippen MR) is 60.0 cm³/mol. The number of aliphatic carboxylic acids is 1. The Hall–Kier alpha value is -1.55. The number of Topliss-reactive ketones (excluding diaryl/α,β-unsaturated/α-hetero) is 1. The van der Waals surface area contributed by atoms with E-state index in [4.69, 9.17) is 15.3 Å². The molecule has 19 heavy (non-hydrogen) atoms. The van der Waals surface area contributed by atoms with Crippen LogP contribution in [0, 0.1) is 0 Å². The molecule has 0 radical (unpaired) electrons. The van der Waals surface area contributed by atoms with Crippen LogP contribution in [0.2, 0.25) is 0 Å². The number of carbonyl (C=O) groups excluding carboxylic acids is 2. The number of nitrogens with one attached hydrogen (secondary N) is 1. The molecule has 6 N–H and O–H groups in total. The zero-order valence-electron chi connectivity index (χ0n) is 10.2. The van der Waals surface area contributed by atoms with Gasteiger partial charge in [0.1, 0.15) is 30.8 Å². The zero-order valence-corrected chi connectivity index (χ0v) is 10.2. The Morgan fingerprint density at radius 1 is 1.11 bits per heavy atom. The summed E-state index contributed by atoms with van der Waals surface area (Å²) >= 11 is 0. The normalized spacial score (nSPS) is 17.1. The molecular formula is C10H17NO8. The molecule has 1 amide bonds. The molecule has 0 aliphatic carbocycles. The molecule has 0 saturated carbocycles. The third-order valence-corrected chi connectivity index (χ3v) is 2.30. The summed E-state index contributed by atoms with van der Waals surface area (Å²) in [5.41, 5.74) is 0. The number of aliphatic hydroxyl groups excluding tert-OH is 4. The van der Waals surface area contributed by atoms with Crippen LogP contribution in [0.4, 0.5) is 0 Å². The van der Waals surface area contributed by atoms with Crippen molar-refractivity contribution in [3.05, 3.63) is 0 Å². The summed E-state index contributed by atoms with van der Waals surface area (Å²) in [5, 5.41) is 47.3. The van der Waals surface area contributed by atoms with Crippen LogP contribution in [0.15, 0.2) is 0 Å². The molecule has 0 aromatic carbocycles. The molecule has 0 saturated heterocycles. The highest BCUT2D eigenvalue weighted by molar-refractivity contribution is 5.99. The Bertz CT molecular complexity index is 344. The van der Waals surface area contributed by atoms with E-state index in [1.807, 2.05) is 5.32 Å². The number of hydrogen-bond acceptors (Lipinski definition) is 7. The molecule has 0 aromatic heterocycles. The molecule has 0 spiro atoms. The van der Waals surface area contributed by atoms with E-state index in [1.165, 1.54) is 0 Å². The van der Waals surface area contributed by atoms with Crippen molar-refractivity contribution in [3.8, 4) is 0 Å². The van der Waals surface area contributed by atoms with Gasteiger partial charge < -0.3 is 30.8 Å². The number of carboxylic acids is 1. The van der Waals surface area contributed by atoms with Crippen molar-refractivity contribution < 1.29 is 39.9 Å². The second-order valence-corrected chi connectivity index (χ2v) is 3.95. The number of rotatable bonds is 8. The molecule has 0 heterocycles. The first-order chi connectivity index (χ1) is 8.70.